The number of nitrogens with one attached hydrogen (secondary N) is 2. The lowest BCUT2D eigenvalue weighted by atomic mass is 9.94. The Bertz CT molecular complexity index is 1460. The van der Waals surface area contributed by atoms with E-state index in [0.29, 0.717) is 29.3 Å². The van der Waals surface area contributed by atoms with E-state index >= 15 is 0 Å². The molecule has 0 spiro atoms. The van der Waals surface area contributed by atoms with Crippen LogP contribution in [0.1, 0.15) is 53.8 Å². The number of aromatic nitrogens is 1. The van der Waals surface area contributed by atoms with Gasteiger partial charge >= 0.3 is 0 Å². The van der Waals surface area contributed by atoms with Crippen LogP contribution in [-0.2, 0) is 16.0 Å². The third-order valence-corrected chi connectivity index (χ3v) is 8.68. The standard InChI is InChI=1S/C32H35FN4O2/c1-20-26(19-30(38)37-15-11-24(12-16-37)36-13-3-4-14-36)21(2)34-29(20)18-27-31-25(22-7-5-8-23(33)17-22)9-6-10-28(31)35-32(27)39/h5-10,17-18,24,34H,3-4,11-16,19H2,1-2H3,(H,35,39)/b27-18-. The molecule has 6 nitrogen and oxygen atoms in total. The Morgan fingerprint density at radius 1 is 1.05 bits per heavy atom. The molecule has 4 heterocycles. The van der Waals surface area contributed by atoms with Gasteiger partial charge in [-0.05, 0) is 99.1 Å². The first-order valence-electron chi connectivity index (χ1n) is 14.0. The van der Waals surface area contributed by atoms with E-state index in [9.17, 15) is 14.0 Å². The lowest BCUT2D eigenvalue weighted by molar-refractivity contribution is -0.132. The highest BCUT2D eigenvalue weighted by atomic mass is 19.1. The van der Waals surface area contributed by atoms with Gasteiger partial charge in [-0.25, -0.2) is 4.39 Å². The summed E-state index contributed by atoms with van der Waals surface area (Å²) in [7, 11) is 0. The number of aryl methyl sites for hydroxylation is 1. The average molecular weight is 527 g/mol. The molecule has 0 atom stereocenters. The lowest BCUT2D eigenvalue weighted by Crippen LogP contribution is -2.46. The Kier molecular flexibility index (Phi) is 6.85. The van der Waals surface area contributed by atoms with Crippen LogP contribution in [0.15, 0.2) is 42.5 Å². The van der Waals surface area contributed by atoms with Crippen molar-refractivity contribution >= 4 is 29.2 Å². The summed E-state index contributed by atoms with van der Waals surface area (Å²) in [6.45, 7) is 8.02. The van der Waals surface area contributed by atoms with Gasteiger partial charge in [0.1, 0.15) is 5.82 Å². The molecule has 3 aliphatic rings. The normalized spacial score (nSPS) is 19.1. The number of halogens is 1. The van der Waals surface area contributed by atoms with Gasteiger partial charge in [-0.1, -0.05) is 24.3 Å². The highest BCUT2D eigenvalue weighted by Gasteiger charge is 2.30. The Morgan fingerprint density at radius 2 is 1.79 bits per heavy atom. The first-order valence-corrected chi connectivity index (χ1v) is 14.0. The maximum absolute atomic E-state index is 14.0. The van der Waals surface area contributed by atoms with Crippen molar-refractivity contribution in [3.63, 3.8) is 0 Å². The van der Waals surface area contributed by atoms with Crippen molar-refractivity contribution < 1.29 is 14.0 Å². The maximum atomic E-state index is 14.0. The third-order valence-electron chi connectivity index (χ3n) is 8.68. The number of carbonyl (C=O) groups excluding carboxylic acids is 2. The molecule has 0 unspecified atom stereocenters. The van der Waals surface area contributed by atoms with E-state index in [4.69, 9.17) is 0 Å². The summed E-state index contributed by atoms with van der Waals surface area (Å²) in [6, 6.07) is 12.7. The van der Waals surface area contributed by atoms with Crippen LogP contribution in [-0.4, -0.2) is 58.8 Å². The SMILES string of the molecule is Cc1[nH]c(/C=C2\C(=O)Nc3cccc(-c4cccc(F)c4)c32)c(C)c1CC(=O)N1CCC(N2CCCC2)CC1. The average Bonchev–Trinajstić information content (AvgIpc) is 3.64. The molecule has 0 saturated carbocycles. The molecular formula is C32H35FN4O2. The van der Waals surface area contributed by atoms with Gasteiger partial charge in [-0.15, -0.1) is 0 Å². The van der Waals surface area contributed by atoms with Crippen molar-refractivity contribution in [3.05, 3.63) is 76.4 Å². The summed E-state index contributed by atoms with van der Waals surface area (Å²) < 4.78 is 14.0. The molecule has 7 heteroatoms. The van der Waals surface area contributed by atoms with Crippen LogP contribution < -0.4 is 5.32 Å². The van der Waals surface area contributed by atoms with Crippen molar-refractivity contribution in [1.82, 2.24) is 14.8 Å². The molecule has 1 aromatic heterocycles. The van der Waals surface area contributed by atoms with Gasteiger partial charge in [0.25, 0.3) is 5.91 Å². The fourth-order valence-electron chi connectivity index (χ4n) is 6.50. The van der Waals surface area contributed by atoms with Crippen molar-refractivity contribution in [1.29, 1.82) is 0 Å². The van der Waals surface area contributed by atoms with Crippen molar-refractivity contribution in [2.45, 2.75) is 52.0 Å². The predicted molar refractivity (Wildman–Crippen MR) is 153 cm³/mol. The number of rotatable bonds is 5. The number of nitrogens with zero attached hydrogens (tertiary/aromatic N) is 2. The van der Waals surface area contributed by atoms with Gasteiger partial charge < -0.3 is 20.1 Å². The zero-order chi connectivity index (χ0) is 27.1. The minimum Gasteiger partial charge on any atom is -0.359 e. The number of hydrogen-bond acceptors (Lipinski definition) is 3. The second-order valence-corrected chi connectivity index (χ2v) is 11.0. The summed E-state index contributed by atoms with van der Waals surface area (Å²) in [5.41, 5.74) is 7.23. The van der Waals surface area contributed by atoms with Gasteiger partial charge in [0.15, 0.2) is 0 Å². The molecule has 3 aromatic rings. The van der Waals surface area contributed by atoms with Crippen LogP contribution in [0.2, 0.25) is 0 Å². The first-order chi connectivity index (χ1) is 18.9. The molecule has 0 aliphatic carbocycles. The number of likely N-dealkylation sites (tertiary alicyclic amines) is 2. The smallest absolute Gasteiger partial charge is 0.256 e. The van der Waals surface area contributed by atoms with Gasteiger partial charge in [-0.3, -0.25) is 9.59 Å². The van der Waals surface area contributed by atoms with Crippen molar-refractivity contribution in [2.75, 3.05) is 31.5 Å². The Hall–Kier alpha value is -3.71. The summed E-state index contributed by atoms with van der Waals surface area (Å²) in [6.07, 6.45) is 6.91. The summed E-state index contributed by atoms with van der Waals surface area (Å²) in [5, 5.41) is 2.95. The molecule has 0 bridgehead atoms. The van der Waals surface area contributed by atoms with Crippen LogP contribution in [0, 0.1) is 19.7 Å². The van der Waals surface area contributed by atoms with Crippen LogP contribution in [0.25, 0.3) is 22.8 Å². The molecule has 2 N–H and O–H groups in total. The number of amides is 2. The van der Waals surface area contributed by atoms with E-state index in [-0.39, 0.29) is 17.6 Å². The molecule has 202 valence electrons. The van der Waals surface area contributed by atoms with Gasteiger partial charge in [0.05, 0.1) is 12.0 Å². The second-order valence-electron chi connectivity index (χ2n) is 11.0. The number of hydrogen-bond donors (Lipinski definition) is 2. The fraction of sp³-hybridized carbons (Fsp3) is 0.375. The van der Waals surface area contributed by atoms with E-state index < -0.39 is 0 Å². The van der Waals surface area contributed by atoms with Crippen LogP contribution in [0.3, 0.4) is 0 Å². The molecule has 0 radical (unpaired) electrons. The Balaban J connectivity index is 1.24. The predicted octanol–water partition coefficient (Wildman–Crippen LogP) is 5.56. The molecule has 2 fully saturated rings. The van der Waals surface area contributed by atoms with Crippen molar-refractivity contribution in [2.24, 2.45) is 0 Å². The molecular weight excluding hydrogens is 491 g/mol. The zero-order valence-electron chi connectivity index (χ0n) is 22.6. The molecule has 3 aliphatic heterocycles. The number of carbonyl (C=O) groups is 2. The Labute approximate surface area is 228 Å². The number of fused-ring (bicyclic) bond motifs is 1. The van der Waals surface area contributed by atoms with Crippen LogP contribution >= 0.6 is 0 Å². The molecule has 2 aromatic carbocycles. The van der Waals surface area contributed by atoms with Gasteiger partial charge in [0, 0.05) is 41.8 Å². The maximum Gasteiger partial charge on any atom is 0.256 e. The molecule has 39 heavy (non-hydrogen) atoms. The number of piperidine rings is 1. The van der Waals surface area contributed by atoms with Crippen LogP contribution in [0.4, 0.5) is 10.1 Å². The highest BCUT2D eigenvalue weighted by molar-refractivity contribution is 6.36. The number of H-pyrrole nitrogens is 1. The Morgan fingerprint density at radius 3 is 2.54 bits per heavy atom. The van der Waals surface area contributed by atoms with Crippen LogP contribution in [0.5, 0.6) is 0 Å². The molecule has 2 saturated heterocycles. The van der Waals surface area contributed by atoms with Gasteiger partial charge in [0.2, 0.25) is 5.91 Å². The van der Waals surface area contributed by atoms with E-state index in [0.717, 1.165) is 59.6 Å². The fourth-order valence-corrected chi connectivity index (χ4v) is 6.50. The largest absolute Gasteiger partial charge is 0.359 e. The second kappa shape index (κ2) is 10.5. The minimum atomic E-state index is -0.321. The van der Waals surface area contributed by atoms with Gasteiger partial charge in [-0.2, -0.15) is 0 Å². The van der Waals surface area contributed by atoms with E-state index in [1.807, 2.05) is 49.1 Å². The third kappa shape index (κ3) is 4.91. The monoisotopic (exact) mass is 526 g/mol. The summed E-state index contributed by atoms with van der Waals surface area (Å²) in [5.74, 6) is -0.353. The van der Waals surface area contributed by atoms with E-state index in [2.05, 4.69) is 15.2 Å². The molecule has 2 amide bonds. The number of aromatic amines is 1. The quantitative estimate of drug-likeness (QED) is 0.428. The van der Waals surface area contributed by atoms with Crippen molar-refractivity contribution in [3.8, 4) is 11.1 Å². The van der Waals surface area contributed by atoms with E-state index in [1.165, 1.54) is 38.1 Å². The zero-order valence-corrected chi connectivity index (χ0v) is 22.6. The summed E-state index contributed by atoms with van der Waals surface area (Å²) >= 11 is 0. The lowest BCUT2D eigenvalue weighted by Gasteiger charge is -2.36. The first kappa shape index (κ1) is 25.6. The highest BCUT2D eigenvalue weighted by Crippen LogP contribution is 2.41. The minimum absolute atomic E-state index is 0.164. The number of anilines is 1. The molecule has 6 rings (SSSR count). The van der Waals surface area contributed by atoms with E-state index in [1.54, 1.807) is 6.07 Å². The topological polar surface area (TPSA) is 68.4 Å². The number of benzene rings is 2. The summed E-state index contributed by atoms with van der Waals surface area (Å²) in [4.78, 5) is 34.4.